The number of nitrogens with one attached hydrogen (secondary N) is 1. The van der Waals surface area contributed by atoms with Gasteiger partial charge in [-0.1, -0.05) is 31.0 Å². The number of esters is 1. The molecule has 1 saturated heterocycles. The van der Waals surface area contributed by atoms with E-state index in [1.165, 1.54) is 19.2 Å². The Morgan fingerprint density at radius 3 is 2.70 bits per heavy atom. The number of hydrogen-bond donors (Lipinski definition) is 3. The van der Waals surface area contributed by atoms with E-state index in [0.717, 1.165) is 4.57 Å². The van der Waals surface area contributed by atoms with Gasteiger partial charge < -0.3 is 29.4 Å². The highest BCUT2D eigenvalue weighted by Gasteiger charge is 2.58. The number of para-hydroxylation sites is 1. The fraction of sp³-hybridized carbons (Fsp3) is 0.423. The Hall–Kier alpha value is -3.69. The lowest BCUT2D eigenvalue weighted by Gasteiger charge is -2.24. The molecule has 0 amide bonds. The SMILES string of the molecule is C#CC1(F)[C@@H](O)[C@@H](CO[P@@](=O)(C[C@@H](C)C(=O)OC(C)C)Oc2ccccc2)O[C@H]1n1ccc2c(=O)[nH]c(N)nc21. The van der Waals surface area contributed by atoms with Crippen LogP contribution in [-0.2, 0) is 23.4 Å². The first kappa shape index (κ1) is 29.3. The number of benzene rings is 1. The number of carbonyl (C=O) groups excluding carboxylic acids is 1. The van der Waals surface area contributed by atoms with E-state index in [2.05, 4.69) is 9.97 Å². The van der Waals surface area contributed by atoms with Crippen molar-refractivity contribution in [2.75, 3.05) is 18.5 Å². The molecule has 3 aromatic rings. The van der Waals surface area contributed by atoms with E-state index in [1.807, 2.05) is 5.92 Å². The minimum Gasteiger partial charge on any atom is -0.463 e. The normalized spacial score (nSPS) is 24.9. The summed E-state index contributed by atoms with van der Waals surface area (Å²) in [6.07, 6.45) is 1.04. The number of halogens is 1. The van der Waals surface area contributed by atoms with Crippen LogP contribution in [0.1, 0.15) is 27.0 Å². The molecule has 12 nitrogen and oxygen atoms in total. The van der Waals surface area contributed by atoms with E-state index in [1.54, 1.807) is 44.2 Å². The number of nitrogens with two attached hydrogens (primary N) is 1. The van der Waals surface area contributed by atoms with Gasteiger partial charge in [0.2, 0.25) is 11.6 Å². The third kappa shape index (κ3) is 5.90. The van der Waals surface area contributed by atoms with Gasteiger partial charge >= 0.3 is 13.6 Å². The van der Waals surface area contributed by atoms with Gasteiger partial charge in [0.1, 0.15) is 18.0 Å². The number of nitrogens with zero attached hydrogens (tertiary/aromatic N) is 2. The molecule has 0 spiro atoms. The number of aromatic nitrogens is 3. The van der Waals surface area contributed by atoms with Crippen molar-refractivity contribution >= 4 is 30.5 Å². The van der Waals surface area contributed by atoms with E-state index in [9.17, 15) is 19.3 Å². The molecule has 4 N–H and O–H groups in total. The van der Waals surface area contributed by atoms with Crippen LogP contribution in [0, 0.1) is 18.3 Å². The molecule has 0 saturated carbocycles. The topological polar surface area (TPSA) is 168 Å². The van der Waals surface area contributed by atoms with Crippen LogP contribution in [0.15, 0.2) is 47.4 Å². The van der Waals surface area contributed by atoms with Gasteiger partial charge in [-0.2, -0.15) is 4.98 Å². The molecule has 1 fully saturated rings. The molecule has 214 valence electrons. The second-order valence-corrected chi connectivity index (χ2v) is 11.7. The summed E-state index contributed by atoms with van der Waals surface area (Å²) in [4.78, 5) is 31.0. The lowest BCUT2D eigenvalue weighted by molar-refractivity contribution is -0.151. The van der Waals surface area contributed by atoms with Crippen LogP contribution in [0.5, 0.6) is 5.75 Å². The van der Waals surface area contributed by atoms with Crippen molar-refractivity contribution in [3.8, 4) is 18.1 Å². The van der Waals surface area contributed by atoms with Crippen LogP contribution in [0.4, 0.5) is 10.3 Å². The Morgan fingerprint density at radius 1 is 1.35 bits per heavy atom. The van der Waals surface area contributed by atoms with Crippen molar-refractivity contribution in [1.29, 1.82) is 0 Å². The van der Waals surface area contributed by atoms with Gasteiger partial charge in [0.25, 0.3) is 5.56 Å². The molecular weight excluding hydrogens is 546 g/mol. The minimum atomic E-state index is -4.10. The van der Waals surface area contributed by atoms with E-state index < -0.39 is 61.9 Å². The van der Waals surface area contributed by atoms with E-state index in [4.69, 9.17) is 30.7 Å². The van der Waals surface area contributed by atoms with Gasteiger partial charge in [-0.3, -0.25) is 19.1 Å². The summed E-state index contributed by atoms with van der Waals surface area (Å²) in [7, 11) is -4.10. The molecule has 1 aromatic carbocycles. The number of aromatic amines is 1. The molecule has 14 heteroatoms. The van der Waals surface area contributed by atoms with Crippen LogP contribution in [0.2, 0.25) is 0 Å². The minimum absolute atomic E-state index is 0.0205. The van der Waals surface area contributed by atoms with Gasteiger partial charge in [0.05, 0.1) is 30.2 Å². The number of anilines is 1. The van der Waals surface area contributed by atoms with Crippen LogP contribution in [0.25, 0.3) is 11.0 Å². The van der Waals surface area contributed by atoms with E-state index in [0.29, 0.717) is 0 Å². The van der Waals surface area contributed by atoms with E-state index in [-0.39, 0.29) is 28.9 Å². The Kier molecular flexibility index (Phi) is 8.37. The van der Waals surface area contributed by atoms with Crippen LogP contribution in [0.3, 0.4) is 0 Å². The van der Waals surface area contributed by atoms with Gasteiger partial charge in [-0.05, 0) is 32.0 Å². The van der Waals surface area contributed by atoms with Gasteiger partial charge in [-0.15, -0.1) is 6.42 Å². The number of aliphatic hydroxyl groups excluding tert-OH is 1. The summed E-state index contributed by atoms with van der Waals surface area (Å²) in [5.41, 5.74) is 2.27. The number of aliphatic hydroxyl groups is 1. The zero-order valence-corrected chi connectivity index (χ0v) is 22.9. The smallest absolute Gasteiger partial charge is 0.380 e. The molecule has 0 radical (unpaired) electrons. The molecule has 2 aromatic heterocycles. The van der Waals surface area contributed by atoms with Crippen molar-refractivity contribution < 1.29 is 37.4 Å². The molecule has 4 rings (SSSR count). The lowest BCUT2D eigenvalue weighted by Crippen LogP contribution is -2.42. The maximum atomic E-state index is 16.1. The third-order valence-electron chi connectivity index (χ3n) is 6.19. The number of fused-ring (bicyclic) bond motifs is 1. The van der Waals surface area contributed by atoms with Crippen molar-refractivity contribution in [2.24, 2.45) is 5.92 Å². The van der Waals surface area contributed by atoms with Crippen LogP contribution < -0.4 is 15.8 Å². The largest absolute Gasteiger partial charge is 0.463 e. The number of terminal acetylenes is 1. The highest BCUT2D eigenvalue weighted by atomic mass is 31.2. The van der Waals surface area contributed by atoms with Crippen molar-refractivity contribution in [3.63, 3.8) is 0 Å². The fourth-order valence-electron chi connectivity index (χ4n) is 4.26. The Labute approximate surface area is 229 Å². The number of hydrogen-bond acceptors (Lipinski definition) is 10. The van der Waals surface area contributed by atoms with Crippen LogP contribution >= 0.6 is 7.60 Å². The van der Waals surface area contributed by atoms with Crippen LogP contribution in [-0.4, -0.2) is 62.4 Å². The zero-order valence-electron chi connectivity index (χ0n) is 22.0. The second-order valence-electron chi connectivity index (χ2n) is 9.68. The summed E-state index contributed by atoms with van der Waals surface area (Å²) < 4.78 is 53.3. The fourth-order valence-corrected chi connectivity index (χ4v) is 6.13. The van der Waals surface area contributed by atoms with Crippen molar-refractivity contribution in [3.05, 3.63) is 52.9 Å². The second kappa shape index (κ2) is 11.4. The van der Waals surface area contributed by atoms with Crippen molar-refractivity contribution in [1.82, 2.24) is 14.5 Å². The molecular formula is C26H30FN4O8P. The Balaban J connectivity index is 1.59. The summed E-state index contributed by atoms with van der Waals surface area (Å²) in [5, 5.41) is 11.0. The molecule has 1 aliphatic heterocycles. The number of rotatable bonds is 10. The Morgan fingerprint density at radius 2 is 2.05 bits per heavy atom. The maximum absolute atomic E-state index is 16.1. The van der Waals surface area contributed by atoms with Gasteiger partial charge in [0.15, 0.2) is 11.9 Å². The monoisotopic (exact) mass is 576 g/mol. The number of ether oxygens (including phenoxy) is 2. The first-order chi connectivity index (χ1) is 18.9. The summed E-state index contributed by atoms with van der Waals surface area (Å²) in [5.74, 6) is 0.428. The molecule has 1 unspecified atom stereocenters. The average molecular weight is 577 g/mol. The van der Waals surface area contributed by atoms with E-state index >= 15 is 4.39 Å². The molecule has 6 atom stereocenters. The molecule has 3 heterocycles. The number of H-pyrrole nitrogens is 1. The summed E-state index contributed by atoms with van der Waals surface area (Å²) >= 11 is 0. The average Bonchev–Trinajstić information content (AvgIpc) is 3.42. The third-order valence-corrected chi connectivity index (χ3v) is 8.22. The lowest BCUT2D eigenvalue weighted by atomic mass is 9.97. The predicted octanol–water partition coefficient (Wildman–Crippen LogP) is 2.78. The quantitative estimate of drug-likeness (QED) is 0.185. The first-order valence-corrected chi connectivity index (χ1v) is 14.1. The molecule has 40 heavy (non-hydrogen) atoms. The molecule has 0 bridgehead atoms. The number of carbonyl (C=O) groups is 1. The number of nitrogen functional groups attached to an aromatic ring is 1. The standard InChI is InChI=1S/C26H30FN4O8P/c1-5-26(27)20(32)19(38-24(26)31-12-11-18-21(31)29-25(28)30-22(18)33)13-36-40(35,39-17-9-7-6-8-10-17)14-16(4)23(34)37-15(2)3/h1,6-12,15-16,19-20,24,32H,13-14H2,2-4H3,(H3,28,29,30,33)/t16-,19-,20+,24-,26?,40+/m1/s1. The zero-order chi connectivity index (χ0) is 29.2. The summed E-state index contributed by atoms with van der Waals surface area (Å²) in [6.45, 7) is 4.25. The molecule has 0 aliphatic carbocycles. The van der Waals surface area contributed by atoms with Gasteiger partial charge in [-0.25, -0.2) is 8.96 Å². The Bertz CT molecular complexity index is 1520. The molecule has 1 aliphatic rings. The maximum Gasteiger partial charge on any atom is 0.380 e. The van der Waals surface area contributed by atoms with Crippen molar-refractivity contribution in [2.45, 2.75) is 51.0 Å². The number of alkyl halides is 1. The summed E-state index contributed by atoms with van der Waals surface area (Å²) in [6, 6.07) is 9.51. The highest BCUT2D eigenvalue weighted by Crippen LogP contribution is 2.51. The van der Waals surface area contributed by atoms with Gasteiger partial charge in [0, 0.05) is 6.20 Å². The first-order valence-electron chi connectivity index (χ1n) is 12.4. The predicted molar refractivity (Wildman–Crippen MR) is 143 cm³/mol. The highest BCUT2D eigenvalue weighted by molar-refractivity contribution is 7.54.